The van der Waals surface area contributed by atoms with Gasteiger partial charge in [-0.2, -0.15) is 0 Å². The minimum Gasteiger partial charge on any atom is -0.462 e. The van der Waals surface area contributed by atoms with Crippen LogP contribution in [0.1, 0.15) is 31.4 Å². The maximum absolute atomic E-state index is 14.8. The normalized spacial score (nSPS) is 10.6. The summed E-state index contributed by atoms with van der Waals surface area (Å²) in [6.07, 6.45) is 4.45. The Morgan fingerprint density at radius 2 is 1.50 bits per heavy atom. The van der Waals surface area contributed by atoms with Gasteiger partial charge in [-0.25, -0.2) is 14.0 Å². The zero-order chi connectivity index (χ0) is 25.3. The highest BCUT2D eigenvalue weighted by molar-refractivity contribution is 5.88. The predicted molar refractivity (Wildman–Crippen MR) is 134 cm³/mol. The van der Waals surface area contributed by atoms with Crippen LogP contribution >= 0.6 is 0 Å². The summed E-state index contributed by atoms with van der Waals surface area (Å²) in [6, 6.07) is 12.7. The van der Waals surface area contributed by atoms with E-state index in [1.165, 1.54) is 25.1 Å². The molecule has 0 aliphatic carbocycles. The summed E-state index contributed by atoms with van der Waals surface area (Å²) >= 11 is 0. The molecule has 0 atom stereocenters. The van der Waals surface area contributed by atoms with E-state index in [9.17, 15) is 14.0 Å². The molecule has 2 rings (SSSR count). The third-order valence-corrected chi connectivity index (χ3v) is 4.84. The van der Waals surface area contributed by atoms with Gasteiger partial charge in [0.05, 0.1) is 6.61 Å². The van der Waals surface area contributed by atoms with Crippen molar-refractivity contribution < 1.29 is 23.5 Å². The topological polar surface area (TPSA) is 52.6 Å². The van der Waals surface area contributed by atoms with Crippen molar-refractivity contribution in [3.8, 4) is 11.1 Å². The van der Waals surface area contributed by atoms with Gasteiger partial charge in [-0.3, -0.25) is 0 Å². The van der Waals surface area contributed by atoms with E-state index < -0.39 is 11.8 Å². The number of esters is 2. The molecule has 5 heteroatoms. The molecule has 0 saturated heterocycles. The van der Waals surface area contributed by atoms with Crippen LogP contribution in [0.5, 0.6) is 0 Å². The number of carbonyl (C=O) groups is 2. The molecule has 0 bridgehead atoms. The second-order valence-corrected chi connectivity index (χ2v) is 7.91. The molecule has 0 aliphatic rings. The van der Waals surface area contributed by atoms with Gasteiger partial charge in [-0.05, 0) is 61.1 Å². The zero-order valence-corrected chi connectivity index (χ0v) is 19.7. The number of benzene rings is 2. The lowest BCUT2D eigenvalue weighted by Crippen LogP contribution is -2.06. The Kier molecular flexibility index (Phi) is 9.50. The number of ether oxygens (including phenoxy) is 2. The van der Waals surface area contributed by atoms with Crippen LogP contribution in [0, 0.1) is 5.82 Å². The molecule has 176 valence electrons. The molecule has 0 radical (unpaired) electrons. The monoisotopic (exact) mass is 460 g/mol. The molecule has 0 aliphatic heterocycles. The van der Waals surface area contributed by atoms with Crippen molar-refractivity contribution in [3.05, 3.63) is 115 Å². The van der Waals surface area contributed by atoms with E-state index in [-0.39, 0.29) is 17.3 Å². The van der Waals surface area contributed by atoms with Crippen LogP contribution in [0.4, 0.5) is 4.39 Å². The highest BCUT2D eigenvalue weighted by Gasteiger charge is 2.09. The first-order valence-electron chi connectivity index (χ1n) is 10.7. The van der Waals surface area contributed by atoms with Crippen molar-refractivity contribution in [3.63, 3.8) is 0 Å². The van der Waals surface area contributed by atoms with Crippen LogP contribution in [-0.2, 0) is 25.5 Å². The van der Waals surface area contributed by atoms with Gasteiger partial charge in [-0.1, -0.05) is 68.8 Å². The van der Waals surface area contributed by atoms with Gasteiger partial charge < -0.3 is 9.47 Å². The van der Waals surface area contributed by atoms with Gasteiger partial charge in [-0.15, -0.1) is 0 Å². The average molecular weight is 461 g/mol. The fraction of sp³-hybridized carbons (Fsp3) is 0.172. The highest BCUT2D eigenvalue weighted by Crippen LogP contribution is 2.26. The number of hydrogen-bond acceptors (Lipinski definition) is 4. The van der Waals surface area contributed by atoms with Crippen molar-refractivity contribution in [1.82, 2.24) is 0 Å². The fourth-order valence-electron chi connectivity index (χ4n) is 2.91. The Balaban J connectivity index is 1.98. The lowest BCUT2D eigenvalue weighted by atomic mass is 9.98. The summed E-state index contributed by atoms with van der Waals surface area (Å²) < 4.78 is 24.9. The largest absolute Gasteiger partial charge is 0.462 e. The number of rotatable bonds is 11. The van der Waals surface area contributed by atoms with Gasteiger partial charge in [0.15, 0.2) is 0 Å². The SMILES string of the molecule is C=C(/C=C\C(=C)c1ccc(-c2ccc(CCCOC(=O)C(=C)C)cc2)cc1F)OC(=O)C(=C)C. The molecule has 0 fully saturated rings. The van der Waals surface area contributed by atoms with Gasteiger partial charge in [0.1, 0.15) is 11.6 Å². The molecule has 0 saturated carbocycles. The second-order valence-electron chi connectivity index (χ2n) is 7.91. The predicted octanol–water partition coefficient (Wildman–Crippen LogP) is 6.75. The molecule has 2 aromatic rings. The van der Waals surface area contributed by atoms with E-state index in [0.29, 0.717) is 29.7 Å². The number of aryl methyl sites for hydroxylation is 1. The van der Waals surface area contributed by atoms with Gasteiger partial charge in [0.2, 0.25) is 0 Å². The van der Waals surface area contributed by atoms with Crippen LogP contribution in [0.15, 0.2) is 97.8 Å². The Labute approximate surface area is 200 Å². The smallest absolute Gasteiger partial charge is 0.338 e. The van der Waals surface area contributed by atoms with Crippen LogP contribution < -0.4 is 0 Å². The van der Waals surface area contributed by atoms with Crippen molar-refractivity contribution in [1.29, 1.82) is 0 Å². The first-order valence-corrected chi connectivity index (χ1v) is 10.7. The zero-order valence-electron chi connectivity index (χ0n) is 19.7. The summed E-state index contributed by atoms with van der Waals surface area (Å²) in [5.74, 6) is -1.26. The van der Waals surface area contributed by atoms with Crippen LogP contribution in [0.25, 0.3) is 16.7 Å². The van der Waals surface area contributed by atoms with Gasteiger partial charge in [0, 0.05) is 16.7 Å². The molecule has 0 spiro atoms. The van der Waals surface area contributed by atoms with E-state index in [1.54, 1.807) is 13.0 Å². The lowest BCUT2D eigenvalue weighted by Gasteiger charge is -2.09. The maximum Gasteiger partial charge on any atom is 0.338 e. The summed E-state index contributed by atoms with van der Waals surface area (Å²) in [5, 5.41) is 0. The molecule has 0 N–H and O–H groups in total. The summed E-state index contributed by atoms with van der Waals surface area (Å²) in [4.78, 5) is 22.9. The quantitative estimate of drug-likeness (QED) is 0.122. The first-order chi connectivity index (χ1) is 16.1. The van der Waals surface area contributed by atoms with E-state index in [1.807, 2.05) is 30.3 Å². The molecular formula is C29H29FO4. The van der Waals surface area contributed by atoms with E-state index in [2.05, 4.69) is 26.3 Å². The molecule has 34 heavy (non-hydrogen) atoms. The average Bonchev–Trinajstić information content (AvgIpc) is 2.80. The van der Waals surface area contributed by atoms with E-state index in [0.717, 1.165) is 23.1 Å². The molecule has 0 heterocycles. The molecule has 0 aromatic heterocycles. The van der Waals surface area contributed by atoms with Gasteiger partial charge >= 0.3 is 11.9 Å². The minimum atomic E-state index is -0.576. The summed E-state index contributed by atoms with van der Waals surface area (Å²) in [6.45, 7) is 18.1. The number of allylic oxidation sites excluding steroid dienone is 3. The fourth-order valence-corrected chi connectivity index (χ4v) is 2.91. The van der Waals surface area contributed by atoms with Crippen molar-refractivity contribution >= 4 is 17.5 Å². The number of halogens is 1. The Morgan fingerprint density at radius 1 is 0.882 bits per heavy atom. The summed E-state index contributed by atoms with van der Waals surface area (Å²) in [7, 11) is 0. The Hall–Kier alpha value is -3.99. The highest BCUT2D eigenvalue weighted by atomic mass is 19.1. The molecule has 4 nitrogen and oxygen atoms in total. The van der Waals surface area contributed by atoms with Crippen molar-refractivity contribution in [2.24, 2.45) is 0 Å². The van der Waals surface area contributed by atoms with Crippen molar-refractivity contribution in [2.75, 3.05) is 6.61 Å². The van der Waals surface area contributed by atoms with Crippen LogP contribution in [0.2, 0.25) is 0 Å². The third-order valence-electron chi connectivity index (χ3n) is 4.84. The summed E-state index contributed by atoms with van der Waals surface area (Å²) in [5.41, 5.74) is 4.10. The first kappa shape index (κ1) is 26.3. The molecule has 0 amide bonds. The molecular weight excluding hydrogens is 431 g/mol. The Bertz CT molecular complexity index is 1150. The van der Waals surface area contributed by atoms with E-state index >= 15 is 0 Å². The maximum atomic E-state index is 14.8. The standard InChI is InChI=1S/C29H29FO4/c1-19(2)28(31)33-17-7-8-23-11-13-24(14-12-23)25-15-16-26(27(30)18-25)21(5)9-10-22(6)34-29(32)20(3)4/h9-16,18H,1,3,5-8,17H2,2,4H3/b10-9-. The minimum absolute atomic E-state index is 0.111. The lowest BCUT2D eigenvalue weighted by molar-refractivity contribution is -0.139. The third kappa shape index (κ3) is 7.85. The van der Waals surface area contributed by atoms with E-state index in [4.69, 9.17) is 9.47 Å². The number of hydrogen-bond donors (Lipinski definition) is 0. The Morgan fingerprint density at radius 3 is 2.09 bits per heavy atom. The van der Waals surface area contributed by atoms with Crippen LogP contribution in [-0.4, -0.2) is 18.5 Å². The van der Waals surface area contributed by atoms with Gasteiger partial charge in [0.25, 0.3) is 0 Å². The second kappa shape index (κ2) is 12.3. The number of carbonyl (C=O) groups excluding carboxylic acids is 2. The van der Waals surface area contributed by atoms with Crippen LogP contribution in [0.3, 0.4) is 0 Å². The van der Waals surface area contributed by atoms with Crippen molar-refractivity contribution in [2.45, 2.75) is 26.7 Å². The molecule has 0 unspecified atom stereocenters. The molecule has 2 aromatic carbocycles.